The van der Waals surface area contributed by atoms with Gasteiger partial charge in [0.1, 0.15) is 11.6 Å². The first-order valence-corrected chi connectivity index (χ1v) is 8.28. The summed E-state index contributed by atoms with van der Waals surface area (Å²) in [5.74, 6) is 0.650. The summed E-state index contributed by atoms with van der Waals surface area (Å²) in [6.07, 6.45) is 10.1. The minimum Gasteiger partial charge on any atom is -0.329 e. The SMILES string of the molecule is Fc1cccc(Cl)c1Cn1ccnc1CNC1CCCCC1. The Balaban J connectivity index is 1.67. The van der Waals surface area contributed by atoms with Crippen LogP contribution < -0.4 is 5.32 Å². The maximum Gasteiger partial charge on any atom is 0.129 e. The van der Waals surface area contributed by atoms with E-state index < -0.39 is 0 Å². The molecule has 118 valence electrons. The van der Waals surface area contributed by atoms with Crippen molar-refractivity contribution >= 4 is 11.6 Å². The van der Waals surface area contributed by atoms with E-state index in [1.165, 1.54) is 38.2 Å². The summed E-state index contributed by atoms with van der Waals surface area (Å²) >= 11 is 6.11. The molecule has 0 aliphatic heterocycles. The second-order valence-corrected chi connectivity index (χ2v) is 6.29. The molecular weight excluding hydrogens is 301 g/mol. The van der Waals surface area contributed by atoms with E-state index in [4.69, 9.17) is 11.6 Å². The molecule has 5 heteroatoms. The summed E-state index contributed by atoms with van der Waals surface area (Å²) < 4.78 is 15.9. The number of hydrogen-bond donors (Lipinski definition) is 1. The molecule has 1 fully saturated rings. The lowest BCUT2D eigenvalue weighted by Gasteiger charge is -2.22. The maximum absolute atomic E-state index is 13.9. The van der Waals surface area contributed by atoms with Gasteiger partial charge in [-0.3, -0.25) is 0 Å². The van der Waals surface area contributed by atoms with Crippen LogP contribution in [0, 0.1) is 5.82 Å². The van der Waals surface area contributed by atoms with Crippen LogP contribution in [0.2, 0.25) is 5.02 Å². The van der Waals surface area contributed by atoms with Crippen molar-refractivity contribution in [2.24, 2.45) is 0 Å². The molecule has 1 aromatic carbocycles. The van der Waals surface area contributed by atoms with Crippen LogP contribution in [-0.4, -0.2) is 15.6 Å². The molecule has 0 atom stereocenters. The number of aromatic nitrogens is 2. The van der Waals surface area contributed by atoms with Gasteiger partial charge in [0.25, 0.3) is 0 Å². The molecule has 0 bridgehead atoms. The van der Waals surface area contributed by atoms with Gasteiger partial charge in [0.2, 0.25) is 0 Å². The Bertz CT molecular complexity index is 600. The molecule has 1 aliphatic carbocycles. The first-order chi connectivity index (χ1) is 10.7. The highest BCUT2D eigenvalue weighted by atomic mass is 35.5. The average Bonchev–Trinajstić information content (AvgIpc) is 2.97. The Kier molecular flexibility index (Phi) is 5.11. The van der Waals surface area contributed by atoms with E-state index in [9.17, 15) is 4.39 Å². The molecule has 1 aromatic heterocycles. The third kappa shape index (κ3) is 3.68. The number of benzene rings is 1. The monoisotopic (exact) mass is 321 g/mol. The summed E-state index contributed by atoms with van der Waals surface area (Å²) in [5, 5.41) is 4.03. The second kappa shape index (κ2) is 7.25. The summed E-state index contributed by atoms with van der Waals surface area (Å²) in [7, 11) is 0. The minimum absolute atomic E-state index is 0.271. The second-order valence-electron chi connectivity index (χ2n) is 5.89. The predicted octanol–water partition coefficient (Wildman–Crippen LogP) is 4.15. The molecule has 3 rings (SSSR count). The molecule has 22 heavy (non-hydrogen) atoms. The summed E-state index contributed by atoms with van der Waals surface area (Å²) in [5.41, 5.74) is 0.515. The van der Waals surface area contributed by atoms with Crippen molar-refractivity contribution in [3.63, 3.8) is 0 Å². The van der Waals surface area contributed by atoms with Crippen LogP contribution in [0.5, 0.6) is 0 Å². The molecule has 0 spiro atoms. The van der Waals surface area contributed by atoms with E-state index in [-0.39, 0.29) is 5.82 Å². The van der Waals surface area contributed by atoms with Crippen LogP contribution in [0.1, 0.15) is 43.5 Å². The molecule has 1 heterocycles. The Morgan fingerprint density at radius 3 is 2.86 bits per heavy atom. The van der Waals surface area contributed by atoms with E-state index >= 15 is 0 Å². The van der Waals surface area contributed by atoms with Gasteiger partial charge in [0, 0.05) is 29.0 Å². The zero-order valence-corrected chi connectivity index (χ0v) is 13.3. The molecule has 0 unspecified atom stereocenters. The molecule has 1 N–H and O–H groups in total. The van der Waals surface area contributed by atoms with E-state index in [2.05, 4.69) is 10.3 Å². The number of nitrogens with zero attached hydrogens (tertiary/aromatic N) is 2. The average molecular weight is 322 g/mol. The smallest absolute Gasteiger partial charge is 0.129 e. The van der Waals surface area contributed by atoms with Crippen molar-refractivity contribution in [2.45, 2.75) is 51.2 Å². The van der Waals surface area contributed by atoms with Gasteiger partial charge >= 0.3 is 0 Å². The Labute approximate surface area is 135 Å². The lowest BCUT2D eigenvalue weighted by Crippen LogP contribution is -2.31. The van der Waals surface area contributed by atoms with Gasteiger partial charge in [-0.05, 0) is 25.0 Å². The third-order valence-electron chi connectivity index (χ3n) is 4.35. The van der Waals surface area contributed by atoms with E-state index in [1.54, 1.807) is 18.3 Å². The van der Waals surface area contributed by atoms with Gasteiger partial charge in [-0.25, -0.2) is 9.37 Å². The van der Waals surface area contributed by atoms with E-state index in [0.717, 1.165) is 5.82 Å². The minimum atomic E-state index is -0.271. The molecule has 0 saturated heterocycles. The summed E-state index contributed by atoms with van der Waals surface area (Å²) in [6, 6.07) is 5.37. The van der Waals surface area contributed by atoms with Crippen LogP contribution >= 0.6 is 11.6 Å². The molecule has 3 nitrogen and oxygen atoms in total. The standard InChI is InChI=1S/C17H21ClFN3/c18-15-7-4-8-16(19)14(15)12-22-10-9-20-17(22)11-21-13-5-2-1-3-6-13/h4,7-10,13,21H,1-3,5-6,11-12H2. The Hall–Kier alpha value is -1.39. The molecule has 2 aromatic rings. The lowest BCUT2D eigenvalue weighted by atomic mass is 9.95. The fourth-order valence-corrected chi connectivity index (χ4v) is 3.27. The van der Waals surface area contributed by atoms with Crippen LogP contribution in [0.15, 0.2) is 30.6 Å². The molecule has 0 radical (unpaired) electrons. The van der Waals surface area contributed by atoms with Crippen LogP contribution in [0.4, 0.5) is 4.39 Å². The van der Waals surface area contributed by atoms with Crippen molar-refractivity contribution in [1.82, 2.24) is 14.9 Å². The molecule has 0 amide bonds. The highest BCUT2D eigenvalue weighted by Crippen LogP contribution is 2.21. The van der Waals surface area contributed by atoms with E-state index in [0.29, 0.717) is 29.7 Å². The summed E-state index contributed by atoms with van der Waals surface area (Å²) in [6.45, 7) is 1.12. The largest absolute Gasteiger partial charge is 0.329 e. The van der Waals surface area contributed by atoms with Gasteiger partial charge in [-0.1, -0.05) is 36.9 Å². The van der Waals surface area contributed by atoms with E-state index in [1.807, 2.05) is 10.8 Å². The topological polar surface area (TPSA) is 29.9 Å². The van der Waals surface area contributed by atoms with Gasteiger partial charge in [-0.15, -0.1) is 0 Å². The first kappa shape index (κ1) is 15.5. The van der Waals surface area contributed by atoms with Crippen molar-refractivity contribution in [3.8, 4) is 0 Å². The lowest BCUT2D eigenvalue weighted by molar-refractivity contribution is 0.367. The normalized spacial score (nSPS) is 16.1. The van der Waals surface area contributed by atoms with Gasteiger partial charge in [0.15, 0.2) is 0 Å². The highest BCUT2D eigenvalue weighted by Gasteiger charge is 2.14. The summed E-state index contributed by atoms with van der Waals surface area (Å²) in [4.78, 5) is 4.39. The predicted molar refractivity (Wildman–Crippen MR) is 86.5 cm³/mol. The number of halogens is 2. The van der Waals surface area contributed by atoms with Crippen LogP contribution in [-0.2, 0) is 13.1 Å². The fourth-order valence-electron chi connectivity index (χ4n) is 3.05. The Morgan fingerprint density at radius 1 is 1.27 bits per heavy atom. The van der Waals surface area contributed by atoms with Crippen LogP contribution in [0.3, 0.4) is 0 Å². The van der Waals surface area contributed by atoms with Crippen molar-refractivity contribution in [1.29, 1.82) is 0 Å². The molecular formula is C17H21ClFN3. The molecule has 1 aliphatic rings. The number of nitrogens with one attached hydrogen (secondary N) is 1. The number of imidazole rings is 1. The fraction of sp³-hybridized carbons (Fsp3) is 0.471. The first-order valence-electron chi connectivity index (χ1n) is 7.90. The Morgan fingerprint density at radius 2 is 2.09 bits per heavy atom. The van der Waals surface area contributed by atoms with Gasteiger partial charge in [0.05, 0.1) is 13.1 Å². The van der Waals surface area contributed by atoms with Gasteiger partial charge in [-0.2, -0.15) is 0 Å². The maximum atomic E-state index is 13.9. The number of rotatable bonds is 5. The third-order valence-corrected chi connectivity index (χ3v) is 4.70. The zero-order valence-electron chi connectivity index (χ0n) is 12.6. The zero-order chi connectivity index (χ0) is 15.4. The van der Waals surface area contributed by atoms with Crippen molar-refractivity contribution in [2.75, 3.05) is 0 Å². The molecule has 1 saturated carbocycles. The van der Waals surface area contributed by atoms with Gasteiger partial charge < -0.3 is 9.88 Å². The van der Waals surface area contributed by atoms with Crippen molar-refractivity contribution < 1.29 is 4.39 Å². The highest BCUT2D eigenvalue weighted by molar-refractivity contribution is 6.31. The number of hydrogen-bond acceptors (Lipinski definition) is 2. The van der Waals surface area contributed by atoms with Crippen molar-refractivity contribution in [3.05, 3.63) is 52.8 Å². The van der Waals surface area contributed by atoms with Crippen LogP contribution in [0.25, 0.3) is 0 Å². The quantitative estimate of drug-likeness (QED) is 0.896.